The van der Waals surface area contributed by atoms with Crippen molar-refractivity contribution in [1.82, 2.24) is 10.2 Å². The van der Waals surface area contributed by atoms with Crippen molar-refractivity contribution in [3.63, 3.8) is 0 Å². The summed E-state index contributed by atoms with van der Waals surface area (Å²) in [5.41, 5.74) is -0.407. The van der Waals surface area contributed by atoms with Crippen LogP contribution >= 0.6 is 0 Å². The molecule has 1 atom stereocenters. The zero-order valence-electron chi connectivity index (χ0n) is 14.3. The van der Waals surface area contributed by atoms with Crippen LogP contribution in [0.15, 0.2) is 0 Å². The normalized spacial score (nSPS) is 30.2. The molecule has 0 aromatic carbocycles. The number of hydrogen-bond donors (Lipinski definition) is 1. The molecule has 4 heteroatoms. The summed E-state index contributed by atoms with van der Waals surface area (Å²) in [7, 11) is 0. The van der Waals surface area contributed by atoms with Crippen molar-refractivity contribution in [3.05, 3.63) is 0 Å². The smallest absolute Gasteiger partial charge is 0.410 e. The summed E-state index contributed by atoms with van der Waals surface area (Å²) in [5, 5.41) is 3.74. The number of rotatable bonds is 3. The highest BCUT2D eigenvalue weighted by molar-refractivity contribution is 5.68. The molecule has 1 saturated carbocycles. The minimum atomic E-state index is -0.407. The van der Waals surface area contributed by atoms with E-state index in [9.17, 15) is 4.79 Å². The van der Waals surface area contributed by atoms with Crippen LogP contribution in [0.1, 0.15) is 60.3 Å². The lowest BCUT2D eigenvalue weighted by atomic mass is 9.73. The van der Waals surface area contributed by atoms with E-state index in [0.29, 0.717) is 12.1 Å². The molecule has 122 valence electrons. The molecule has 1 amide bonds. The van der Waals surface area contributed by atoms with Crippen LogP contribution < -0.4 is 5.32 Å². The first-order chi connectivity index (χ1) is 9.74. The molecule has 0 spiro atoms. The van der Waals surface area contributed by atoms with Crippen LogP contribution in [0.4, 0.5) is 4.79 Å². The number of nitrogens with zero attached hydrogens (tertiary/aromatic N) is 1. The Morgan fingerprint density at radius 2 is 1.90 bits per heavy atom. The van der Waals surface area contributed by atoms with E-state index >= 15 is 0 Å². The Kier molecular flexibility index (Phi) is 5.18. The average Bonchev–Trinajstić information content (AvgIpc) is 2.31. The summed E-state index contributed by atoms with van der Waals surface area (Å²) in [6, 6.07) is 1.09. The fourth-order valence-electron chi connectivity index (χ4n) is 3.28. The summed E-state index contributed by atoms with van der Waals surface area (Å²) in [6.07, 6.45) is 4.66. The van der Waals surface area contributed by atoms with E-state index < -0.39 is 5.60 Å². The molecule has 0 radical (unpaired) electrons. The molecule has 0 aromatic heterocycles. The van der Waals surface area contributed by atoms with Crippen molar-refractivity contribution in [1.29, 1.82) is 0 Å². The number of likely N-dealkylation sites (tertiary alicyclic amines) is 1. The van der Waals surface area contributed by atoms with Crippen molar-refractivity contribution in [2.45, 2.75) is 78.0 Å². The number of hydrogen-bond acceptors (Lipinski definition) is 3. The van der Waals surface area contributed by atoms with E-state index in [1.54, 1.807) is 0 Å². The maximum absolute atomic E-state index is 12.1. The summed E-state index contributed by atoms with van der Waals surface area (Å²) in [5.74, 6) is 1.68. The van der Waals surface area contributed by atoms with Crippen molar-refractivity contribution < 1.29 is 9.53 Å². The van der Waals surface area contributed by atoms with E-state index in [1.165, 1.54) is 19.3 Å². The molecule has 0 bridgehead atoms. The van der Waals surface area contributed by atoms with Gasteiger partial charge in [0, 0.05) is 25.2 Å². The maximum Gasteiger partial charge on any atom is 0.410 e. The van der Waals surface area contributed by atoms with Gasteiger partial charge in [0.15, 0.2) is 0 Å². The van der Waals surface area contributed by atoms with Gasteiger partial charge in [-0.25, -0.2) is 4.79 Å². The van der Waals surface area contributed by atoms with Crippen LogP contribution in [0.3, 0.4) is 0 Å². The molecule has 2 aliphatic rings. The Labute approximate surface area is 129 Å². The van der Waals surface area contributed by atoms with Crippen molar-refractivity contribution >= 4 is 6.09 Å². The van der Waals surface area contributed by atoms with Crippen LogP contribution in [0.2, 0.25) is 0 Å². The third-order valence-electron chi connectivity index (χ3n) is 4.66. The Morgan fingerprint density at radius 3 is 2.48 bits per heavy atom. The number of carbonyl (C=O) groups excluding carboxylic acids is 1. The van der Waals surface area contributed by atoms with Crippen molar-refractivity contribution in [2.75, 3.05) is 13.1 Å². The molecule has 4 nitrogen and oxygen atoms in total. The first-order valence-electron chi connectivity index (χ1n) is 8.48. The molecule has 1 N–H and O–H groups in total. The van der Waals surface area contributed by atoms with Crippen molar-refractivity contribution in [3.8, 4) is 0 Å². The highest BCUT2D eigenvalue weighted by Crippen LogP contribution is 2.34. The molecule has 1 saturated heterocycles. The van der Waals surface area contributed by atoms with Gasteiger partial charge >= 0.3 is 6.09 Å². The quantitative estimate of drug-likeness (QED) is 0.867. The molecule has 1 aliphatic heterocycles. The molecule has 1 heterocycles. The van der Waals surface area contributed by atoms with Gasteiger partial charge in [-0.1, -0.05) is 13.8 Å². The first-order valence-corrected chi connectivity index (χ1v) is 8.48. The van der Waals surface area contributed by atoms with E-state index in [0.717, 1.165) is 31.3 Å². The van der Waals surface area contributed by atoms with Gasteiger partial charge in [-0.2, -0.15) is 0 Å². The van der Waals surface area contributed by atoms with Gasteiger partial charge in [-0.15, -0.1) is 0 Å². The summed E-state index contributed by atoms with van der Waals surface area (Å²) in [6.45, 7) is 12.0. The minimum Gasteiger partial charge on any atom is -0.444 e. The lowest BCUT2D eigenvalue weighted by Gasteiger charge is -2.43. The number of nitrogens with one attached hydrogen (secondary N) is 1. The van der Waals surface area contributed by atoms with Crippen LogP contribution in [-0.4, -0.2) is 41.8 Å². The van der Waals surface area contributed by atoms with E-state index in [2.05, 4.69) is 19.2 Å². The maximum atomic E-state index is 12.1. The van der Waals surface area contributed by atoms with E-state index in [-0.39, 0.29) is 6.09 Å². The SMILES string of the molecule is CC(C)C1CC(NC2CCCN(C(=O)OC(C)(C)C)C2)C1. The Hall–Kier alpha value is -0.770. The number of ether oxygens (including phenoxy) is 1. The number of carbonyl (C=O) groups is 1. The molecule has 21 heavy (non-hydrogen) atoms. The second kappa shape index (κ2) is 6.55. The van der Waals surface area contributed by atoms with Crippen LogP contribution in [0, 0.1) is 11.8 Å². The molecule has 2 rings (SSSR count). The second-order valence-corrected chi connectivity index (χ2v) is 8.10. The van der Waals surface area contributed by atoms with Gasteiger partial charge in [-0.05, 0) is 58.3 Å². The summed E-state index contributed by atoms with van der Waals surface area (Å²) < 4.78 is 5.48. The monoisotopic (exact) mass is 296 g/mol. The third kappa shape index (κ3) is 4.87. The Bertz CT molecular complexity index is 356. The topological polar surface area (TPSA) is 41.6 Å². The van der Waals surface area contributed by atoms with E-state index in [4.69, 9.17) is 4.74 Å². The largest absolute Gasteiger partial charge is 0.444 e. The minimum absolute atomic E-state index is 0.164. The van der Waals surface area contributed by atoms with E-state index in [1.807, 2.05) is 25.7 Å². The fraction of sp³-hybridized carbons (Fsp3) is 0.941. The van der Waals surface area contributed by atoms with Crippen LogP contribution in [0.5, 0.6) is 0 Å². The number of amides is 1. The predicted octanol–water partition coefficient (Wildman–Crippen LogP) is 3.41. The molecule has 1 unspecified atom stereocenters. The van der Waals surface area contributed by atoms with Gasteiger partial charge in [0.05, 0.1) is 0 Å². The number of piperidine rings is 1. The third-order valence-corrected chi connectivity index (χ3v) is 4.66. The predicted molar refractivity (Wildman–Crippen MR) is 85.3 cm³/mol. The standard InChI is InChI=1S/C17H32N2O2/c1-12(2)13-9-15(10-13)18-14-7-6-8-19(11-14)16(20)21-17(3,4)5/h12-15,18H,6-11H2,1-5H3. The lowest BCUT2D eigenvalue weighted by Crippen LogP contribution is -2.54. The fourth-order valence-corrected chi connectivity index (χ4v) is 3.28. The molecule has 2 fully saturated rings. The highest BCUT2D eigenvalue weighted by Gasteiger charge is 2.34. The first kappa shape index (κ1) is 16.6. The highest BCUT2D eigenvalue weighted by atomic mass is 16.6. The van der Waals surface area contributed by atoms with Gasteiger partial charge < -0.3 is 15.0 Å². The lowest BCUT2D eigenvalue weighted by molar-refractivity contribution is 0.0170. The Balaban J connectivity index is 1.75. The van der Waals surface area contributed by atoms with Gasteiger partial charge in [0.1, 0.15) is 5.60 Å². The van der Waals surface area contributed by atoms with Crippen LogP contribution in [-0.2, 0) is 4.74 Å². The molecule has 0 aromatic rings. The molecular formula is C17H32N2O2. The molecule has 1 aliphatic carbocycles. The van der Waals surface area contributed by atoms with Gasteiger partial charge in [0.2, 0.25) is 0 Å². The zero-order valence-corrected chi connectivity index (χ0v) is 14.3. The Morgan fingerprint density at radius 1 is 1.24 bits per heavy atom. The van der Waals surface area contributed by atoms with Crippen LogP contribution in [0.25, 0.3) is 0 Å². The van der Waals surface area contributed by atoms with Gasteiger partial charge in [0.25, 0.3) is 0 Å². The summed E-state index contributed by atoms with van der Waals surface area (Å²) in [4.78, 5) is 14.0. The van der Waals surface area contributed by atoms with Crippen molar-refractivity contribution in [2.24, 2.45) is 11.8 Å². The zero-order chi connectivity index (χ0) is 15.6. The van der Waals surface area contributed by atoms with Gasteiger partial charge in [-0.3, -0.25) is 0 Å². The average molecular weight is 296 g/mol. The molecular weight excluding hydrogens is 264 g/mol. The second-order valence-electron chi connectivity index (χ2n) is 8.10. The summed E-state index contributed by atoms with van der Waals surface area (Å²) >= 11 is 0.